The highest BCUT2D eigenvalue weighted by Crippen LogP contribution is 2.38. The molecule has 0 saturated carbocycles. The van der Waals surface area contributed by atoms with E-state index in [4.69, 9.17) is 10.9 Å². The number of carbonyl (C=O) groups is 1. The minimum atomic E-state index is -3.82. The van der Waals surface area contributed by atoms with Crippen LogP contribution in [0.15, 0.2) is 47.4 Å². The van der Waals surface area contributed by atoms with Crippen LogP contribution in [0.2, 0.25) is 0 Å². The number of aromatic hydroxyl groups is 1. The Bertz CT molecular complexity index is 1180. The van der Waals surface area contributed by atoms with Gasteiger partial charge >= 0.3 is 0 Å². The molecule has 1 aliphatic rings. The standard InChI is InChI=1S/C18H16N4O4S/c19-18(24)16-14-8-2-10-1-5-12(23)9-15(10)17(14)22(21-16)11-3-6-13(7-4-11)27(20,25)26/h1,3-7,9,23H,2,8H2,(H2,19,24)(H2,20,25,26). The Labute approximate surface area is 155 Å². The summed E-state index contributed by atoms with van der Waals surface area (Å²) in [5, 5.41) is 19.4. The Morgan fingerprint density at radius 1 is 1.11 bits per heavy atom. The van der Waals surface area contributed by atoms with E-state index in [0.717, 1.165) is 11.1 Å². The number of carbonyl (C=O) groups excluding carboxylic acids is 1. The number of nitrogens with zero attached hydrogens (tertiary/aromatic N) is 2. The second-order valence-corrected chi connectivity index (χ2v) is 7.89. The first-order chi connectivity index (χ1) is 12.8. The van der Waals surface area contributed by atoms with Crippen molar-refractivity contribution in [1.29, 1.82) is 0 Å². The summed E-state index contributed by atoms with van der Waals surface area (Å²) >= 11 is 0. The first-order valence-electron chi connectivity index (χ1n) is 8.13. The van der Waals surface area contributed by atoms with E-state index >= 15 is 0 Å². The summed E-state index contributed by atoms with van der Waals surface area (Å²) in [6, 6.07) is 10.9. The van der Waals surface area contributed by atoms with Crippen LogP contribution in [0.3, 0.4) is 0 Å². The second-order valence-electron chi connectivity index (χ2n) is 6.33. The molecule has 2 aromatic carbocycles. The van der Waals surface area contributed by atoms with Crippen LogP contribution < -0.4 is 10.9 Å². The van der Waals surface area contributed by atoms with Crippen LogP contribution in [0, 0.1) is 0 Å². The number of primary sulfonamides is 1. The Morgan fingerprint density at radius 3 is 2.44 bits per heavy atom. The van der Waals surface area contributed by atoms with Gasteiger partial charge in [-0.25, -0.2) is 18.2 Å². The molecule has 1 amide bonds. The number of rotatable bonds is 3. The molecule has 9 heteroatoms. The minimum absolute atomic E-state index is 0.0274. The number of hydrogen-bond donors (Lipinski definition) is 3. The third-order valence-corrected chi connectivity index (χ3v) is 5.55. The van der Waals surface area contributed by atoms with Gasteiger partial charge in [0.05, 0.1) is 16.3 Å². The van der Waals surface area contributed by atoms with Crippen LogP contribution in [0.1, 0.15) is 21.6 Å². The number of fused-ring (bicyclic) bond motifs is 3. The van der Waals surface area contributed by atoms with Gasteiger partial charge in [0.15, 0.2) is 5.69 Å². The highest BCUT2D eigenvalue weighted by atomic mass is 32.2. The van der Waals surface area contributed by atoms with Crippen LogP contribution in [-0.4, -0.2) is 29.2 Å². The van der Waals surface area contributed by atoms with E-state index in [2.05, 4.69) is 5.10 Å². The van der Waals surface area contributed by atoms with E-state index in [1.54, 1.807) is 28.9 Å². The molecule has 8 nitrogen and oxygen atoms in total. The van der Waals surface area contributed by atoms with E-state index in [1.165, 1.54) is 12.1 Å². The number of nitrogens with two attached hydrogens (primary N) is 2. The van der Waals surface area contributed by atoms with Crippen molar-refractivity contribution in [3.05, 3.63) is 59.3 Å². The van der Waals surface area contributed by atoms with Gasteiger partial charge in [-0.3, -0.25) is 4.79 Å². The van der Waals surface area contributed by atoms with Crippen LogP contribution in [0.25, 0.3) is 16.9 Å². The molecule has 5 N–H and O–H groups in total. The fourth-order valence-corrected chi connectivity index (χ4v) is 3.90. The second kappa shape index (κ2) is 5.93. The molecule has 0 spiro atoms. The molecule has 0 aliphatic heterocycles. The van der Waals surface area contributed by atoms with Crippen molar-refractivity contribution >= 4 is 15.9 Å². The Kier molecular flexibility index (Phi) is 3.79. The lowest BCUT2D eigenvalue weighted by Gasteiger charge is -2.19. The number of hydrogen-bond acceptors (Lipinski definition) is 5. The predicted octanol–water partition coefficient (Wildman–Crippen LogP) is 1.09. The van der Waals surface area contributed by atoms with Gasteiger partial charge in [-0.2, -0.15) is 5.10 Å². The number of phenols is 1. The number of amides is 1. The first kappa shape index (κ1) is 17.3. The summed E-state index contributed by atoms with van der Waals surface area (Å²) < 4.78 is 24.5. The highest BCUT2D eigenvalue weighted by Gasteiger charge is 2.28. The number of aryl methyl sites for hydroxylation is 1. The summed E-state index contributed by atoms with van der Waals surface area (Å²) in [4.78, 5) is 11.9. The first-order valence-corrected chi connectivity index (χ1v) is 9.67. The van der Waals surface area contributed by atoms with Crippen molar-refractivity contribution < 1.29 is 18.3 Å². The molecule has 0 unspecified atom stereocenters. The van der Waals surface area contributed by atoms with Crippen molar-refractivity contribution in [3.63, 3.8) is 0 Å². The van der Waals surface area contributed by atoms with E-state index < -0.39 is 15.9 Å². The molecule has 0 saturated heterocycles. The molecule has 0 fully saturated rings. The zero-order valence-electron chi connectivity index (χ0n) is 14.1. The summed E-state index contributed by atoms with van der Waals surface area (Å²) in [5.74, 6) is -0.547. The fourth-order valence-electron chi connectivity index (χ4n) is 3.39. The van der Waals surface area contributed by atoms with Crippen molar-refractivity contribution in [2.24, 2.45) is 10.9 Å². The third kappa shape index (κ3) is 2.86. The van der Waals surface area contributed by atoms with E-state index in [9.17, 15) is 18.3 Å². The molecule has 3 aromatic rings. The normalized spacial score (nSPS) is 13.1. The lowest BCUT2D eigenvalue weighted by Crippen LogP contribution is -2.15. The van der Waals surface area contributed by atoms with Crippen molar-refractivity contribution in [2.45, 2.75) is 17.7 Å². The van der Waals surface area contributed by atoms with E-state index in [1.807, 2.05) is 6.07 Å². The molecule has 1 aromatic heterocycles. The van der Waals surface area contributed by atoms with Crippen LogP contribution in [0.4, 0.5) is 0 Å². The summed E-state index contributed by atoms with van der Waals surface area (Å²) in [6.07, 6.45) is 1.28. The van der Waals surface area contributed by atoms with E-state index in [0.29, 0.717) is 29.8 Å². The summed E-state index contributed by atoms with van der Waals surface area (Å²) in [6.45, 7) is 0. The third-order valence-electron chi connectivity index (χ3n) is 4.62. The molecule has 0 radical (unpaired) electrons. The summed E-state index contributed by atoms with van der Waals surface area (Å²) in [7, 11) is -3.82. The average molecular weight is 384 g/mol. The van der Waals surface area contributed by atoms with E-state index in [-0.39, 0.29) is 16.3 Å². The monoisotopic (exact) mass is 384 g/mol. The Hall–Kier alpha value is -3.17. The molecule has 1 heterocycles. The predicted molar refractivity (Wildman–Crippen MR) is 98.0 cm³/mol. The lowest BCUT2D eigenvalue weighted by molar-refractivity contribution is 0.0994. The van der Waals surface area contributed by atoms with Gasteiger partial charge in [0.2, 0.25) is 10.0 Å². The van der Waals surface area contributed by atoms with Crippen molar-refractivity contribution in [2.75, 3.05) is 0 Å². The Balaban J connectivity index is 1.96. The molecule has 138 valence electrons. The van der Waals surface area contributed by atoms with Gasteiger partial charge in [-0.15, -0.1) is 0 Å². The largest absolute Gasteiger partial charge is 0.508 e. The van der Waals surface area contributed by atoms with Gasteiger partial charge in [0.1, 0.15) is 5.75 Å². The maximum Gasteiger partial charge on any atom is 0.269 e. The van der Waals surface area contributed by atoms with Crippen LogP contribution >= 0.6 is 0 Å². The fraction of sp³-hybridized carbons (Fsp3) is 0.111. The topological polar surface area (TPSA) is 141 Å². The molecule has 27 heavy (non-hydrogen) atoms. The lowest BCUT2D eigenvalue weighted by atomic mass is 9.88. The molecule has 4 rings (SSSR count). The number of aromatic nitrogens is 2. The van der Waals surface area contributed by atoms with Gasteiger partial charge in [-0.1, -0.05) is 6.07 Å². The molecule has 0 atom stereocenters. The molecule has 0 bridgehead atoms. The van der Waals surface area contributed by atoms with Gasteiger partial charge < -0.3 is 10.8 Å². The van der Waals surface area contributed by atoms with Crippen LogP contribution in [0.5, 0.6) is 5.75 Å². The number of phenolic OH excluding ortho intramolecular Hbond substituents is 1. The number of primary amides is 1. The average Bonchev–Trinajstić information content (AvgIpc) is 3.01. The number of sulfonamides is 1. The molecule has 1 aliphatic carbocycles. The quantitative estimate of drug-likeness (QED) is 0.620. The SMILES string of the molecule is NC(=O)c1nn(-c2ccc(S(N)(=O)=O)cc2)c2c1CCc1ccc(O)cc1-2. The number of benzene rings is 2. The highest BCUT2D eigenvalue weighted by molar-refractivity contribution is 7.89. The maximum absolute atomic E-state index is 11.9. The smallest absolute Gasteiger partial charge is 0.269 e. The zero-order chi connectivity index (χ0) is 19.3. The van der Waals surface area contributed by atoms with Crippen molar-refractivity contribution in [3.8, 4) is 22.7 Å². The minimum Gasteiger partial charge on any atom is -0.508 e. The van der Waals surface area contributed by atoms with Crippen LogP contribution in [-0.2, 0) is 22.9 Å². The Morgan fingerprint density at radius 2 is 1.81 bits per heavy atom. The molecular formula is C18H16N4O4S. The zero-order valence-corrected chi connectivity index (χ0v) is 14.9. The summed E-state index contributed by atoms with van der Waals surface area (Å²) in [5.41, 5.74) is 9.34. The molecular weight excluding hydrogens is 368 g/mol. The van der Waals surface area contributed by atoms with Gasteiger partial charge in [-0.05, 0) is 54.8 Å². The maximum atomic E-state index is 11.9. The van der Waals surface area contributed by atoms with Crippen molar-refractivity contribution in [1.82, 2.24) is 9.78 Å². The van der Waals surface area contributed by atoms with Gasteiger partial charge in [0, 0.05) is 11.1 Å². The van der Waals surface area contributed by atoms with Gasteiger partial charge in [0.25, 0.3) is 5.91 Å².